The van der Waals surface area contributed by atoms with Crippen LogP contribution in [-0.2, 0) is 6.54 Å². The number of nitrogen functional groups attached to an aromatic ring is 1. The van der Waals surface area contributed by atoms with Gasteiger partial charge in [0.25, 0.3) is 5.91 Å². The van der Waals surface area contributed by atoms with Crippen LogP contribution in [0.25, 0.3) is 0 Å². The van der Waals surface area contributed by atoms with Crippen LogP contribution in [-0.4, -0.2) is 22.0 Å². The summed E-state index contributed by atoms with van der Waals surface area (Å²) in [6, 6.07) is 7.21. The van der Waals surface area contributed by atoms with Crippen LogP contribution in [0.15, 0.2) is 35.0 Å². The van der Waals surface area contributed by atoms with Gasteiger partial charge in [-0.05, 0) is 47.4 Å². The predicted molar refractivity (Wildman–Crippen MR) is 79.7 cm³/mol. The molecule has 1 aromatic carbocycles. The Balaban J connectivity index is 1.87. The van der Waals surface area contributed by atoms with Crippen molar-refractivity contribution in [1.29, 1.82) is 0 Å². The zero-order valence-corrected chi connectivity index (χ0v) is 11.8. The first-order chi connectivity index (χ1) is 9.66. The summed E-state index contributed by atoms with van der Waals surface area (Å²) in [5.74, 6) is -0.267. The molecule has 2 aromatic rings. The summed E-state index contributed by atoms with van der Waals surface area (Å²) in [5.41, 5.74) is 7.31. The van der Waals surface area contributed by atoms with E-state index in [0.29, 0.717) is 6.54 Å². The summed E-state index contributed by atoms with van der Waals surface area (Å²) < 4.78 is 0. The molecule has 3 rings (SSSR count). The predicted octanol–water partition coefficient (Wildman–Crippen LogP) is 2.84. The highest BCUT2D eigenvalue weighted by molar-refractivity contribution is 7.07. The molecular weight excluding hydrogens is 272 g/mol. The summed E-state index contributed by atoms with van der Waals surface area (Å²) in [5, 5.41) is 14.0. The highest BCUT2D eigenvalue weighted by Crippen LogP contribution is 2.33. The van der Waals surface area contributed by atoms with Crippen LogP contribution in [0.1, 0.15) is 28.8 Å². The third-order valence-corrected chi connectivity index (χ3v) is 4.21. The highest BCUT2D eigenvalue weighted by Gasteiger charge is 2.34. The van der Waals surface area contributed by atoms with Crippen LogP contribution in [0.3, 0.4) is 0 Å². The van der Waals surface area contributed by atoms with Crippen LogP contribution < -0.4 is 5.73 Å². The van der Waals surface area contributed by atoms with Crippen LogP contribution in [0, 0.1) is 0 Å². The SMILES string of the molecule is Nc1cccc(C(=O)N(Cc2ccsc2)C2CC2)c1O. The maximum absolute atomic E-state index is 12.6. The molecule has 1 aliphatic rings. The minimum absolute atomic E-state index is 0.117. The fraction of sp³-hybridized carbons (Fsp3) is 0.267. The fourth-order valence-corrected chi connectivity index (χ4v) is 2.88. The molecule has 0 bridgehead atoms. The average molecular weight is 288 g/mol. The monoisotopic (exact) mass is 288 g/mol. The Hall–Kier alpha value is -2.01. The first kappa shape index (κ1) is 13.0. The highest BCUT2D eigenvalue weighted by atomic mass is 32.1. The number of thiophene rings is 1. The Morgan fingerprint density at radius 1 is 1.40 bits per heavy atom. The third-order valence-electron chi connectivity index (χ3n) is 3.48. The fourth-order valence-electron chi connectivity index (χ4n) is 2.22. The largest absolute Gasteiger partial charge is 0.505 e. The lowest BCUT2D eigenvalue weighted by atomic mass is 10.1. The lowest BCUT2D eigenvalue weighted by Crippen LogP contribution is -2.32. The van der Waals surface area contributed by atoms with Crippen LogP contribution >= 0.6 is 11.3 Å². The standard InChI is InChI=1S/C15H16N2O2S/c16-13-3-1-2-12(14(13)18)15(19)17(11-4-5-11)8-10-6-7-20-9-10/h1-3,6-7,9,11,18H,4-5,8,16H2. The van der Waals surface area contributed by atoms with E-state index < -0.39 is 0 Å². The van der Waals surface area contributed by atoms with Gasteiger partial charge in [-0.3, -0.25) is 4.79 Å². The second-order valence-electron chi connectivity index (χ2n) is 5.04. The number of phenolic OH excluding ortho intramolecular Hbond substituents is 1. The lowest BCUT2D eigenvalue weighted by Gasteiger charge is -2.22. The molecule has 1 aliphatic carbocycles. The Morgan fingerprint density at radius 3 is 2.85 bits per heavy atom. The van der Waals surface area contributed by atoms with E-state index in [9.17, 15) is 9.90 Å². The molecule has 1 fully saturated rings. The van der Waals surface area contributed by atoms with Crippen molar-refractivity contribution in [2.24, 2.45) is 0 Å². The minimum atomic E-state index is -0.150. The zero-order chi connectivity index (χ0) is 14.1. The van der Waals surface area contributed by atoms with Crippen molar-refractivity contribution >= 4 is 22.9 Å². The van der Waals surface area contributed by atoms with Crippen molar-refractivity contribution in [2.75, 3.05) is 5.73 Å². The van der Waals surface area contributed by atoms with Gasteiger partial charge in [0.05, 0.1) is 11.3 Å². The number of hydrogen-bond acceptors (Lipinski definition) is 4. The molecule has 0 atom stereocenters. The van der Waals surface area contributed by atoms with E-state index >= 15 is 0 Å². The normalized spacial score (nSPS) is 14.2. The quantitative estimate of drug-likeness (QED) is 0.671. The number of carbonyl (C=O) groups excluding carboxylic acids is 1. The van der Waals surface area contributed by atoms with Gasteiger partial charge in [-0.15, -0.1) is 0 Å². The molecule has 1 aromatic heterocycles. The smallest absolute Gasteiger partial charge is 0.258 e. The first-order valence-electron chi connectivity index (χ1n) is 6.56. The number of nitrogens with two attached hydrogens (primary N) is 1. The molecule has 0 aliphatic heterocycles. The Bertz CT molecular complexity index is 621. The lowest BCUT2D eigenvalue weighted by molar-refractivity contribution is 0.0727. The van der Waals surface area contributed by atoms with Gasteiger partial charge in [0.2, 0.25) is 0 Å². The second-order valence-corrected chi connectivity index (χ2v) is 5.82. The van der Waals surface area contributed by atoms with Gasteiger partial charge in [-0.25, -0.2) is 0 Å². The van der Waals surface area contributed by atoms with E-state index in [1.54, 1.807) is 29.5 Å². The van der Waals surface area contributed by atoms with Crippen LogP contribution in [0.2, 0.25) is 0 Å². The van der Waals surface area contributed by atoms with E-state index in [2.05, 4.69) is 0 Å². The van der Waals surface area contributed by atoms with Crippen LogP contribution in [0.4, 0.5) is 5.69 Å². The Labute approximate surface area is 121 Å². The number of amides is 1. The summed E-state index contributed by atoms with van der Waals surface area (Å²) in [6.07, 6.45) is 2.05. The maximum Gasteiger partial charge on any atom is 0.258 e. The van der Waals surface area contributed by atoms with E-state index in [0.717, 1.165) is 18.4 Å². The number of para-hydroxylation sites is 1. The van der Waals surface area contributed by atoms with Gasteiger partial charge in [-0.1, -0.05) is 6.07 Å². The summed E-state index contributed by atoms with van der Waals surface area (Å²) in [4.78, 5) is 14.5. The zero-order valence-electron chi connectivity index (χ0n) is 11.0. The van der Waals surface area contributed by atoms with Gasteiger partial charge >= 0.3 is 0 Å². The number of anilines is 1. The number of rotatable bonds is 4. The molecule has 0 spiro atoms. The molecule has 104 valence electrons. The molecule has 20 heavy (non-hydrogen) atoms. The number of aromatic hydroxyl groups is 1. The number of phenols is 1. The van der Waals surface area contributed by atoms with E-state index in [4.69, 9.17) is 5.73 Å². The van der Waals surface area contributed by atoms with Crippen molar-refractivity contribution in [3.05, 3.63) is 46.2 Å². The number of hydrogen-bond donors (Lipinski definition) is 2. The number of carbonyl (C=O) groups is 1. The molecular formula is C15H16N2O2S. The molecule has 0 unspecified atom stereocenters. The molecule has 1 saturated carbocycles. The Morgan fingerprint density at radius 2 is 2.20 bits per heavy atom. The molecule has 0 saturated heterocycles. The molecule has 4 nitrogen and oxygen atoms in total. The van der Waals surface area contributed by atoms with Gasteiger partial charge in [0, 0.05) is 12.6 Å². The second kappa shape index (κ2) is 5.17. The number of benzene rings is 1. The summed E-state index contributed by atoms with van der Waals surface area (Å²) >= 11 is 1.62. The van der Waals surface area contributed by atoms with E-state index in [1.165, 1.54) is 0 Å². The molecule has 0 radical (unpaired) electrons. The van der Waals surface area contributed by atoms with Gasteiger partial charge in [0.15, 0.2) is 5.75 Å². The van der Waals surface area contributed by atoms with Crippen molar-refractivity contribution in [3.8, 4) is 5.75 Å². The first-order valence-corrected chi connectivity index (χ1v) is 7.50. The van der Waals surface area contributed by atoms with Crippen molar-refractivity contribution < 1.29 is 9.90 Å². The van der Waals surface area contributed by atoms with Gasteiger partial charge in [-0.2, -0.15) is 11.3 Å². The third kappa shape index (κ3) is 2.49. The molecule has 5 heteroatoms. The minimum Gasteiger partial charge on any atom is -0.505 e. The topological polar surface area (TPSA) is 66.6 Å². The Kier molecular flexibility index (Phi) is 3.36. The summed E-state index contributed by atoms with van der Waals surface area (Å²) in [6.45, 7) is 0.585. The average Bonchev–Trinajstić information content (AvgIpc) is 3.15. The summed E-state index contributed by atoms with van der Waals surface area (Å²) in [7, 11) is 0. The molecule has 3 N–H and O–H groups in total. The van der Waals surface area contributed by atoms with Crippen LogP contribution in [0.5, 0.6) is 5.75 Å². The van der Waals surface area contributed by atoms with Crippen molar-refractivity contribution in [3.63, 3.8) is 0 Å². The molecule has 1 amide bonds. The number of nitrogens with zero attached hydrogens (tertiary/aromatic N) is 1. The van der Waals surface area contributed by atoms with E-state index in [-0.39, 0.29) is 28.9 Å². The van der Waals surface area contributed by atoms with Gasteiger partial charge in [0.1, 0.15) is 0 Å². The van der Waals surface area contributed by atoms with Crippen molar-refractivity contribution in [2.45, 2.75) is 25.4 Å². The van der Waals surface area contributed by atoms with Crippen molar-refractivity contribution in [1.82, 2.24) is 4.90 Å². The maximum atomic E-state index is 12.6. The molecule has 1 heterocycles. The van der Waals surface area contributed by atoms with Gasteiger partial charge < -0.3 is 15.7 Å². The van der Waals surface area contributed by atoms with E-state index in [1.807, 2.05) is 21.7 Å².